The van der Waals surface area contributed by atoms with Crippen molar-refractivity contribution in [3.05, 3.63) is 36.5 Å². The second-order valence-electron chi connectivity index (χ2n) is 2.32. The van der Waals surface area contributed by atoms with Crippen LogP contribution in [0.1, 0.15) is 13.8 Å². The van der Waals surface area contributed by atoms with Crippen molar-refractivity contribution in [1.29, 1.82) is 0 Å². The van der Waals surface area contributed by atoms with Crippen molar-refractivity contribution >= 4 is 0 Å². The number of rotatable bonds is 4. The molecule has 0 rings (SSSR count). The number of aliphatic hydroxyl groups is 1. The lowest BCUT2D eigenvalue weighted by atomic mass is 10.2. The highest BCUT2D eigenvalue weighted by Crippen LogP contribution is 1.94. The molecule has 0 aromatic heterocycles. The first-order chi connectivity index (χ1) is 6.26. The van der Waals surface area contributed by atoms with Crippen LogP contribution in [-0.2, 0) is 0 Å². The summed E-state index contributed by atoms with van der Waals surface area (Å²) in [7, 11) is 1.93. The molecule has 2 heteroatoms. The number of likely N-dealkylation sites (N-methyl/N-ethyl adjacent to an activating group) is 1. The van der Waals surface area contributed by atoms with Gasteiger partial charge in [0.25, 0.3) is 0 Å². The first-order valence-electron chi connectivity index (χ1n) is 4.46. The summed E-state index contributed by atoms with van der Waals surface area (Å²) in [6, 6.07) is 0. The van der Waals surface area contributed by atoms with Crippen molar-refractivity contribution in [3.63, 3.8) is 0 Å². The van der Waals surface area contributed by atoms with Crippen LogP contribution in [0.4, 0.5) is 0 Å². The predicted octanol–water partition coefficient (Wildman–Crippen LogP) is 1.89. The van der Waals surface area contributed by atoms with Crippen LogP contribution >= 0.6 is 0 Å². The maximum atomic E-state index is 7.57. The van der Waals surface area contributed by atoms with Crippen LogP contribution in [0.3, 0.4) is 0 Å². The monoisotopic (exact) mass is 183 g/mol. The van der Waals surface area contributed by atoms with Crippen LogP contribution < -0.4 is 5.32 Å². The van der Waals surface area contributed by atoms with Crippen LogP contribution in [-0.4, -0.2) is 25.3 Å². The summed E-state index contributed by atoms with van der Waals surface area (Å²) >= 11 is 0. The zero-order chi connectivity index (χ0) is 10.5. The zero-order valence-corrected chi connectivity index (χ0v) is 8.88. The highest BCUT2D eigenvalue weighted by Gasteiger charge is 1.84. The molecule has 0 bridgehead atoms. The Labute approximate surface area is 81.7 Å². The number of aliphatic hydroxyl groups excluding tert-OH is 1. The smallest absolute Gasteiger partial charge is 0.0402 e. The van der Waals surface area contributed by atoms with Gasteiger partial charge in [-0.05, 0) is 26.5 Å². The SMILES string of the molecule is C=C/C=C(\C=C/C)CNC.CCO. The molecule has 0 aliphatic rings. The van der Waals surface area contributed by atoms with Gasteiger partial charge in [0.1, 0.15) is 0 Å². The molecule has 0 fully saturated rings. The van der Waals surface area contributed by atoms with E-state index in [9.17, 15) is 0 Å². The Morgan fingerprint density at radius 2 is 2.08 bits per heavy atom. The standard InChI is InChI=1S/C9H15N.C2H6O/c1-4-6-9(7-5-2)8-10-3;1-2-3/h4-7,10H,1,8H2,2-3H3;3H,2H2,1H3/b7-5-,9-6+;. The molecule has 0 aromatic rings. The van der Waals surface area contributed by atoms with E-state index in [4.69, 9.17) is 5.11 Å². The van der Waals surface area contributed by atoms with Gasteiger partial charge >= 0.3 is 0 Å². The summed E-state index contributed by atoms with van der Waals surface area (Å²) in [5.74, 6) is 0. The minimum Gasteiger partial charge on any atom is -0.397 e. The lowest BCUT2D eigenvalue weighted by Gasteiger charge is -1.97. The highest BCUT2D eigenvalue weighted by atomic mass is 16.2. The Hall–Kier alpha value is -0.860. The fourth-order valence-corrected chi connectivity index (χ4v) is 0.743. The van der Waals surface area contributed by atoms with E-state index in [0.29, 0.717) is 0 Å². The van der Waals surface area contributed by atoms with Gasteiger partial charge in [0.05, 0.1) is 0 Å². The molecule has 76 valence electrons. The maximum absolute atomic E-state index is 7.57. The molecule has 0 aliphatic carbocycles. The topological polar surface area (TPSA) is 32.3 Å². The van der Waals surface area contributed by atoms with Crippen LogP contribution in [0.2, 0.25) is 0 Å². The van der Waals surface area contributed by atoms with Gasteiger partial charge in [-0.15, -0.1) is 0 Å². The van der Waals surface area contributed by atoms with E-state index in [2.05, 4.69) is 18.0 Å². The van der Waals surface area contributed by atoms with Gasteiger partial charge in [-0.2, -0.15) is 0 Å². The van der Waals surface area contributed by atoms with Gasteiger partial charge in [-0.3, -0.25) is 0 Å². The number of hydrogen-bond donors (Lipinski definition) is 2. The van der Waals surface area contributed by atoms with Gasteiger partial charge in [0.15, 0.2) is 0 Å². The predicted molar refractivity (Wildman–Crippen MR) is 59.8 cm³/mol. The summed E-state index contributed by atoms with van der Waals surface area (Å²) in [4.78, 5) is 0. The first kappa shape index (κ1) is 14.7. The Bertz CT molecular complexity index is 159. The minimum atomic E-state index is 0.250. The quantitative estimate of drug-likeness (QED) is 0.652. The molecule has 0 atom stereocenters. The molecule has 0 saturated heterocycles. The van der Waals surface area contributed by atoms with E-state index in [0.717, 1.165) is 6.54 Å². The third-order valence-electron chi connectivity index (χ3n) is 1.09. The molecule has 0 aliphatic heterocycles. The lowest BCUT2D eigenvalue weighted by molar-refractivity contribution is 0.318. The Kier molecular flexibility index (Phi) is 15.5. The summed E-state index contributed by atoms with van der Waals surface area (Å²) < 4.78 is 0. The molecule has 0 saturated carbocycles. The largest absolute Gasteiger partial charge is 0.397 e. The number of nitrogens with one attached hydrogen (secondary N) is 1. The molecule has 0 amide bonds. The van der Waals surface area contributed by atoms with E-state index in [1.165, 1.54) is 5.57 Å². The second-order valence-corrected chi connectivity index (χ2v) is 2.32. The molecular weight excluding hydrogens is 162 g/mol. The summed E-state index contributed by atoms with van der Waals surface area (Å²) in [5, 5.41) is 10.6. The molecule has 2 nitrogen and oxygen atoms in total. The van der Waals surface area contributed by atoms with E-state index in [1.807, 2.05) is 26.1 Å². The molecule has 13 heavy (non-hydrogen) atoms. The molecule has 0 spiro atoms. The number of allylic oxidation sites excluding steroid dienone is 3. The summed E-state index contributed by atoms with van der Waals surface area (Å²) in [6.07, 6.45) is 7.88. The van der Waals surface area contributed by atoms with Crippen LogP contribution in [0.25, 0.3) is 0 Å². The Morgan fingerprint density at radius 1 is 1.54 bits per heavy atom. The van der Waals surface area contributed by atoms with Crippen LogP contribution in [0, 0.1) is 0 Å². The van der Waals surface area contributed by atoms with E-state index in [-0.39, 0.29) is 6.61 Å². The molecular formula is C11H21NO. The van der Waals surface area contributed by atoms with Crippen LogP contribution in [0.5, 0.6) is 0 Å². The molecule has 0 aromatic carbocycles. The van der Waals surface area contributed by atoms with Gasteiger partial charge in [0, 0.05) is 13.2 Å². The van der Waals surface area contributed by atoms with Crippen molar-refractivity contribution in [1.82, 2.24) is 5.32 Å². The second kappa shape index (κ2) is 13.7. The average Bonchev–Trinajstić information content (AvgIpc) is 2.07. The van der Waals surface area contributed by atoms with Gasteiger partial charge in [0.2, 0.25) is 0 Å². The normalized spacial score (nSPS) is 10.9. The Balaban J connectivity index is 0. The maximum Gasteiger partial charge on any atom is 0.0402 e. The van der Waals surface area contributed by atoms with Crippen molar-refractivity contribution in [2.24, 2.45) is 0 Å². The molecule has 0 heterocycles. The van der Waals surface area contributed by atoms with Gasteiger partial charge in [-0.1, -0.05) is 30.9 Å². The highest BCUT2D eigenvalue weighted by molar-refractivity contribution is 5.23. The van der Waals surface area contributed by atoms with E-state index < -0.39 is 0 Å². The first-order valence-corrected chi connectivity index (χ1v) is 4.46. The van der Waals surface area contributed by atoms with E-state index in [1.54, 1.807) is 13.0 Å². The van der Waals surface area contributed by atoms with Crippen LogP contribution in [0.15, 0.2) is 36.5 Å². The minimum absolute atomic E-state index is 0.250. The lowest BCUT2D eigenvalue weighted by Crippen LogP contribution is -2.08. The molecule has 0 radical (unpaired) electrons. The van der Waals surface area contributed by atoms with Crippen molar-refractivity contribution in [2.45, 2.75) is 13.8 Å². The summed E-state index contributed by atoms with van der Waals surface area (Å²) in [5.41, 5.74) is 1.25. The van der Waals surface area contributed by atoms with Crippen molar-refractivity contribution in [2.75, 3.05) is 20.2 Å². The zero-order valence-electron chi connectivity index (χ0n) is 8.88. The molecule has 0 unspecified atom stereocenters. The average molecular weight is 183 g/mol. The fourth-order valence-electron chi connectivity index (χ4n) is 0.743. The van der Waals surface area contributed by atoms with E-state index >= 15 is 0 Å². The fraction of sp³-hybridized carbons (Fsp3) is 0.455. The third-order valence-corrected chi connectivity index (χ3v) is 1.09. The number of hydrogen-bond acceptors (Lipinski definition) is 2. The third kappa shape index (κ3) is 14.0. The Morgan fingerprint density at radius 3 is 2.38 bits per heavy atom. The van der Waals surface area contributed by atoms with Gasteiger partial charge < -0.3 is 10.4 Å². The summed E-state index contributed by atoms with van der Waals surface area (Å²) in [6.45, 7) is 8.46. The molecule has 2 N–H and O–H groups in total. The van der Waals surface area contributed by atoms with Gasteiger partial charge in [-0.25, -0.2) is 0 Å². The van der Waals surface area contributed by atoms with Crippen molar-refractivity contribution in [3.8, 4) is 0 Å². The van der Waals surface area contributed by atoms with Crippen molar-refractivity contribution < 1.29 is 5.11 Å².